The van der Waals surface area contributed by atoms with Gasteiger partial charge in [-0.25, -0.2) is 0 Å². The van der Waals surface area contributed by atoms with Crippen LogP contribution in [0.3, 0.4) is 0 Å². The van der Waals surface area contributed by atoms with Crippen LogP contribution in [0.15, 0.2) is 28.8 Å². The molecule has 3 rings (SSSR count). The standard InChI is InChI=1S/C19H26N4O3/c1-14-6-3-4-7-15(14)10-16-21-18(26-22-16)12-23-9-5-8-19(25,13-23)11-17(24)20-2/h3-4,6-7,25H,5,8-13H2,1-2H3,(H,20,24). The van der Waals surface area contributed by atoms with E-state index in [0.29, 0.717) is 37.6 Å². The van der Waals surface area contributed by atoms with Crippen LogP contribution in [0.5, 0.6) is 0 Å². The Kier molecular flexibility index (Phi) is 5.68. The summed E-state index contributed by atoms with van der Waals surface area (Å²) in [5.41, 5.74) is 1.38. The lowest BCUT2D eigenvalue weighted by Gasteiger charge is -2.38. The first kappa shape index (κ1) is 18.5. The van der Waals surface area contributed by atoms with Crippen LogP contribution in [0.2, 0.25) is 0 Å². The average Bonchev–Trinajstić information content (AvgIpc) is 3.03. The third kappa shape index (κ3) is 4.68. The molecule has 140 valence electrons. The second-order valence-corrected chi connectivity index (χ2v) is 7.10. The molecule has 0 radical (unpaired) electrons. The number of hydrogen-bond donors (Lipinski definition) is 2. The number of nitrogens with one attached hydrogen (secondary N) is 1. The molecule has 1 aliphatic rings. The Labute approximate surface area is 153 Å². The van der Waals surface area contributed by atoms with Gasteiger partial charge in [0.2, 0.25) is 11.8 Å². The number of carbonyl (C=O) groups is 1. The van der Waals surface area contributed by atoms with E-state index < -0.39 is 5.60 Å². The Bertz CT molecular complexity index is 761. The van der Waals surface area contributed by atoms with Crippen molar-refractivity contribution in [1.29, 1.82) is 0 Å². The third-order valence-electron chi connectivity index (χ3n) is 4.88. The van der Waals surface area contributed by atoms with Gasteiger partial charge in [-0.05, 0) is 37.4 Å². The van der Waals surface area contributed by atoms with Gasteiger partial charge in [-0.3, -0.25) is 9.69 Å². The van der Waals surface area contributed by atoms with Crippen LogP contribution in [0, 0.1) is 6.92 Å². The van der Waals surface area contributed by atoms with Gasteiger partial charge in [0.25, 0.3) is 0 Å². The number of hydrogen-bond acceptors (Lipinski definition) is 6. The molecule has 1 amide bonds. The Balaban J connectivity index is 1.60. The van der Waals surface area contributed by atoms with Crippen molar-refractivity contribution in [2.75, 3.05) is 20.1 Å². The highest BCUT2D eigenvalue weighted by Gasteiger charge is 2.35. The lowest BCUT2D eigenvalue weighted by molar-refractivity contribution is -0.128. The van der Waals surface area contributed by atoms with Crippen LogP contribution in [0.25, 0.3) is 0 Å². The number of carbonyl (C=O) groups excluding carboxylic acids is 1. The quantitative estimate of drug-likeness (QED) is 0.812. The summed E-state index contributed by atoms with van der Waals surface area (Å²) in [6.45, 7) is 3.82. The molecule has 2 heterocycles. The predicted molar refractivity (Wildman–Crippen MR) is 96.4 cm³/mol. The van der Waals surface area contributed by atoms with Gasteiger partial charge >= 0.3 is 0 Å². The smallest absolute Gasteiger partial charge is 0.240 e. The molecule has 7 heteroatoms. The van der Waals surface area contributed by atoms with E-state index in [2.05, 4.69) is 39.4 Å². The lowest BCUT2D eigenvalue weighted by Crippen LogP contribution is -2.49. The molecule has 1 aromatic heterocycles. The Morgan fingerprint density at radius 3 is 3.00 bits per heavy atom. The number of aryl methyl sites for hydroxylation is 1. The van der Waals surface area contributed by atoms with Crippen molar-refractivity contribution in [1.82, 2.24) is 20.4 Å². The van der Waals surface area contributed by atoms with Crippen LogP contribution in [0.4, 0.5) is 0 Å². The average molecular weight is 358 g/mol. The molecule has 1 atom stereocenters. The zero-order valence-corrected chi connectivity index (χ0v) is 15.4. The van der Waals surface area contributed by atoms with Gasteiger partial charge < -0.3 is 14.9 Å². The summed E-state index contributed by atoms with van der Waals surface area (Å²) >= 11 is 0. The number of nitrogens with zero attached hydrogens (tertiary/aromatic N) is 3. The largest absolute Gasteiger partial charge is 0.388 e. The van der Waals surface area contributed by atoms with Crippen LogP contribution in [-0.4, -0.2) is 51.8 Å². The van der Waals surface area contributed by atoms with E-state index in [9.17, 15) is 9.90 Å². The summed E-state index contributed by atoms with van der Waals surface area (Å²) < 4.78 is 5.39. The molecule has 1 aliphatic heterocycles. The Morgan fingerprint density at radius 2 is 2.23 bits per heavy atom. The number of piperidine rings is 1. The van der Waals surface area contributed by atoms with Crippen molar-refractivity contribution >= 4 is 5.91 Å². The number of aromatic nitrogens is 2. The van der Waals surface area contributed by atoms with Gasteiger partial charge in [0.1, 0.15) is 0 Å². The molecular weight excluding hydrogens is 332 g/mol. The molecule has 2 N–H and O–H groups in total. The molecule has 1 unspecified atom stereocenters. The van der Waals surface area contributed by atoms with Crippen molar-refractivity contribution in [2.45, 2.75) is 44.8 Å². The maximum Gasteiger partial charge on any atom is 0.240 e. The number of β-amino-alcohol motifs (C(OH)–C–C–N with tert-alkyl or cyclic N) is 1. The van der Waals surface area contributed by atoms with E-state index in [1.54, 1.807) is 7.05 Å². The first-order chi connectivity index (χ1) is 12.5. The fraction of sp³-hybridized carbons (Fsp3) is 0.526. The maximum atomic E-state index is 11.6. The molecule has 0 spiro atoms. The number of aliphatic hydroxyl groups is 1. The molecule has 0 saturated carbocycles. The van der Waals surface area contributed by atoms with E-state index in [0.717, 1.165) is 13.0 Å². The normalized spacial score (nSPS) is 20.9. The second-order valence-electron chi connectivity index (χ2n) is 7.10. The van der Waals surface area contributed by atoms with E-state index in [4.69, 9.17) is 4.52 Å². The van der Waals surface area contributed by atoms with Gasteiger partial charge in [0.15, 0.2) is 5.82 Å². The highest BCUT2D eigenvalue weighted by atomic mass is 16.5. The van der Waals surface area contributed by atoms with Gasteiger partial charge in [0, 0.05) is 20.0 Å². The third-order valence-corrected chi connectivity index (χ3v) is 4.88. The fourth-order valence-corrected chi connectivity index (χ4v) is 3.47. The van der Waals surface area contributed by atoms with Gasteiger partial charge in [0.05, 0.1) is 18.6 Å². The summed E-state index contributed by atoms with van der Waals surface area (Å²) in [5.74, 6) is 1.05. The minimum Gasteiger partial charge on any atom is -0.388 e. The first-order valence-electron chi connectivity index (χ1n) is 8.99. The molecule has 2 aromatic rings. The van der Waals surface area contributed by atoms with Crippen molar-refractivity contribution in [3.05, 3.63) is 47.1 Å². The number of rotatable bonds is 6. The van der Waals surface area contributed by atoms with Gasteiger partial charge in [-0.1, -0.05) is 29.4 Å². The SMILES string of the molecule is CNC(=O)CC1(O)CCCN(Cc2nc(Cc3ccccc3C)no2)C1. The minimum absolute atomic E-state index is 0.113. The Hall–Kier alpha value is -2.25. The highest BCUT2D eigenvalue weighted by Crippen LogP contribution is 2.25. The van der Waals surface area contributed by atoms with E-state index >= 15 is 0 Å². The highest BCUT2D eigenvalue weighted by molar-refractivity contribution is 5.76. The van der Waals surface area contributed by atoms with Crippen molar-refractivity contribution in [3.63, 3.8) is 0 Å². The second kappa shape index (κ2) is 7.97. The Morgan fingerprint density at radius 1 is 1.42 bits per heavy atom. The zero-order valence-electron chi connectivity index (χ0n) is 15.4. The monoisotopic (exact) mass is 358 g/mol. The topological polar surface area (TPSA) is 91.5 Å². The summed E-state index contributed by atoms with van der Waals surface area (Å²) in [6, 6.07) is 8.15. The molecular formula is C19H26N4O3. The maximum absolute atomic E-state index is 11.6. The van der Waals surface area contributed by atoms with Crippen molar-refractivity contribution in [3.8, 4) is 0 Å². The molecule has 1 saturated heterocycles. The number of likely N-dealkylation sites (tertiary alicyclic amines) is 1. The molecule has 0 bridgehead atoms. The number of benzene rings is 1. The summed E-state index contributed by atoms with van der Waals surface area (Å²) in [4.78, 5) is 18.2. The molecule has 26 heavy (non-hydrogen) atoms. The van der Waals surface area contributed by atoms with Crippen LogP contribution >= 0.6 is 0 Å². The van der Waals surface area contributed by atoms with E-state index in [1.165, 1.54) is 11.1 Å². The van der Waals surface area contributed by atoms with Gasteiger partial charge in [-0.15, -0.1) is 0 Å². The summed E-state index contributed by atoms with van der Waals surface area (Å²) in [6.07, 6.45) is 2.20. The lowest BCUT2D eigenvalue weighted by atomic mass is 9.89. The van der Waals surface area contributed by atoms with Crippen molar-refractivity contribution in [2.24, 2.45) is 0 Å². The van der Waals surface area contributed by atoms with Gasteiger partial charge in [-0.2, -0.15) is 4.98 Å². The fourth-order valence-electron chi connectivity index (χ4n) is 3.47. The predicted octanol–water partition coefficient (Wildman–Crippen LogP) is 1.43. The number of amides is 1. The van der Waals surface area contributed by atoms with Crippen LogP contribution in [0.1, 0.15) is 42.1 Å². The minimum atomic E-state index is -0.998. The van der Waals surface area contributed by atoms with Crippen LogP contribution < -0.4 is 5.32 Å². The molecule has 1 aromatic carbocycles. The first-order valence-corrected chi connectivity index (χ1v) is 8.99. The van der Waals surface area contributed by atoms with Crippen molar-refractivity contribution < 1.29 is 14.4 Å². The van der Waals surface area contributed by atoms with E-state index in [-0.39, 0.29) is 12.3 Å². The van der Waals surface area contributed by atoms with Crippen LogP contribution in [-0.2, 0) is 17.8 Å². The molecule has 7 nitrogen and oxygen atoms in total. The zero-order chi connectivity index (χ0) is 18.6. The van der Waals surface area contributed by atoms with E-state index in [1.807, 2.05) is 12.1 Å². The summed E-state index contributed by atoms with van der Waals surface area (Å²) in [5, 5.41) is 17.3. The molecule has 1 fully saturated rings. The molecule has 0 aliphatic carbocycles. The summed E-state index contributed by atoms with van der Waals surface area (Å²) in [7, 11) is 1.58.